The van der Waals surface area contributed by atoms with Crippen molar-refractivity contribution >= 4 is 33.4 Å². The molecule has 0 spiro atoms. The summed E-state index contributed by atoms with van der Waals surface area (Å²) in [5, 5.41) is 2.79. The number of benzene rings is 3. The highest BCUT2D eigenvalue weighted by Gasteiger charge is 2.20. The van der Waals surface area contributed by atoms with Crippen LogP contribution in [0.15, 0.2) is 83.8 Å². The summed E-state index contributed by atoms with van der Waals surface area (Å²) in [5.41, 5.74) is 3.72. The van der Waals surface area contributed by atoms with Crippen LogP contribution in [0.3, 0.4) is 0 Å². The Morgan fingerprint density at radius 1 is 0.903 bits per heavy atom. The van der Waals surface area contributed by atoms with Gasteiger partial charge in [0.1, 0.15) is 0 Å². The first-order valence-corrected chi connectivity index (χ1v) is 12.7. The summed E-state index contributed by atoms with van der Waals surface area (Å²) in [5.74, 6) is 0.459. The smallest absolute Gasteiger partial charge is 0.239 e. The van der Waals surface area contributed by atoms with E-state index in [2.05, 4.69) is 17.4 Å². The number of hydrogen-bond donors (Lipinski definition) is 1. The maximum Gasteiger partial charge on any atom is 0.239 e. The molecule has 0 aromatic heterocycles. The molecule has 0 fully saturated rings. The van der Waals surface area contributed by atoms with E-state index in [9.17, 15) is 13.2 Å². The van der Waals surface area contributed by atoms with Gasteiger partial charge in [-0.1, -0.05) is 60.2 Å². The third-order valence-corrected chi connectivity index (χ3v) is 6.93. The van der Waals surface area contributed by atoms with Gasteiger partial charge in [0.15, 0.2) is 0 Å². The van der Waals surface area contributed by atoms with E-state index in [1.807, 2.05) is 73.7 Å². The van der Waals surface area contributed by atoms with E-state index in [1.54, 1.807) is 11.8 Å². The predicted molar refractivity (Wildman–Crippen MR) is 128 cm³/mol. The van der Waals surface area contributed by atoms with Crippen LogP contribution >= 0.6 is 11.8 Å². The molecule has 0 radical (unpaired) electrons. The Labute approximate surface area is 188 Å². The number of sulfonamides is 1. The summed E-state index contributed by atoms with van der Waals surface area (Å²) in [6.45, 7) is 1.89. The quantitative estimate of drug-likeness (QED) is 0.477. The molecule has 0 aliphatic heterocycles. The third kappa shape index (κ3) is 7.54. The fourth-order valence-electron chi connectivity index (χ4n) is 2.92. The molecule has 0 heterocycles. The Kier molecular flexibility index (Phi) is 7.90. The van der Waals surface area contributed by atoms with Gasteiger partial charge in [0.25, 0.3) is 0 Å². The molecule has 1 amide bonds. The van der Waals surface area contributed by atoms with Crippen LogP contribution in [0.25, 0.3) is 0 Å². The maximum absolute atomic E-state index is 12.5. The van der Waals surface area contributed by atoms with Gasteiger partial charge in [0.2, 0.25) is 15.9 Å². The van der Waals surface area contributed by atoms with E-state index >= 15 is 0 Å². The van der Waals surface area contributed by atoms with Crippen molar-refractivity contribution < 1.29 is 13.2 Å². The lowest BCUT2D eigenvalue weighted by atomic mass is 10.1. The number of anilines is 1. The highest BCUT2D eigenvalue weighted by atomic mass is 32.2. The van der Waals surface area contributed by atoms with Gasteiger partial charge in [-0.15, -0.1) is 11.8 Å². The molecule has 0 atom stereocenters. The maximum atomic E-state index is 12.5. The average molecular weight is 455 g/mol. The number of thioether (sulfide) groups is 1. The number of carbonyl (C=O) groups is 1. The normalized spacial score (nSPS) is 11.5. The minimum atomic E-state index is -3.53. The highest BCUT2D eigenvalue weighted by Crippen LogP contribution is 2.23. The van der Waals surface area contributed by atoms with E-state index in [0.717, 1.165) is 28.7 Å². The number of nitrogens with one attached hydrogen (secondary N) is 1. The van der Waals surface area contributed by atoms with Crippen LogP contribution in [-0.4, -0.2) is 31.4 Å². The summed E-state index contributed by atoms with van der Waals surface area (Å²) in [6, 6.07) is 25.4. The number of carbonyl (C=O) groups excluding carboxylic acids is 1. The molecule has 31 heavy (non-hydrogen) atoms. The Balaban J connectivity index is 1.56. The second kappa shape index (κ2) is 10.6. The first-order valence-electron chi connectivity index (χ1n) is 9.87. The van der Waals surface area contributed by atoms with Gasteiger partial charge in [-0.25, -0.2) is 8.42 Å². The van der Waals surface area contributed by atoms with Crippen molar-refractivity contribution in [1.82, 2.24) is 4.31 Å². The molecule has 5 nitrogen and oxygen atoms in total. The van der Waals surface area contributed by atoms with Crippen LogP contribution in [0.4, 0.5) is 5.69 Å². The van der Waals surface area contributed by atoms with Crippen LogP contribution in [-0.2, 0) is 27.1 Å². The molecule has 3 rings (SSSR count). The summed E-state index contributed by atoms with van der Waals surface area (Å²) >= 11 is 1.75. The van der Waals surface area contributed by atoms with E-state index in [4.69, 9.17) is 0 Å². The Bertz CT molecular complexity index is 1100. The molecule has 0 bridgehead atoms. The molecule has 1 N–H and O–H groups in total. The van der Waals surface area contributed by atoms with Gasteiger partial charge in [-0.2, -0.15) is 4.31 Å². The van der Waals surface area contributed by atoms with Crippen LogP contribution in [0.2, 0.25) is 0 Å². The molecule has 0 unspecified atom stereocenters. The van der Waals surface area contributed by atoms with Crippen molar-refractivity contribution in [3.8, 4) is 0 Å². The molecule has 162 valence electrons. The van der Waals surface area contributed by atoms with Crippen molar-refractivity contribution in [1.29, 1.82) is 0 Å². The second-order valence-corrected chi connectivity index (χ2v) is 10.4. The lowest BCUT2D eigenvalue weighted by Gasteiger charge is -2.19. The van der Waals surface area contributed by atoms with Gasteiger partial charge >= 0.3 is 0 Å². The summed E-state index contributed by atoms with van der Waals surface area (Å²) < 4.78 is 25.5. The average Bonchev–Trinajstić information content (AvgIpc) is 2.74. The zero-order valence-corrected chi connectivity index (χ0v) is 19.2. The fraction of sp³-hybridized carbons (Fsp3) is 0.208. The Morgan fingerprint density at radius 3 is 2.13 bits per heavy atom. The van der Waals surface area contributed by atoms with Crippen molar-refractivity contribution in [3.63, 3.8) is 0 Å². The molecule has 0 aliphatic rings. The van der Waals surface area contributed by atoms with E-state index in [0.29, 0.717) is 5.69 Å². The van der Waals surface area contributed by atoms with Crippen LogP contribution in [0, 0.1) is 6.92 Å². The molecule has 0 saturated heterocycles. The molecular weight excluding hydrogens is 428 g/mol. The zero-order valence-electron chi connectivity index (χ0n) is 17.6. The topological polar surface area (TPSA) is 66.5 Å². The molecule has 3 aromatic rings. The molecule has 7 heteroatoms. The van der Waals surface area contributed by atoms with Crippen molar-refractivity contribution in [2.45, 2.75) is 24.1 Å². The van der Waals surface area contributed by atoms with E-state index in [1.165, 1.54) is 9.20 Å². The number of nitrogens with zero attached hydrogens (tertiary/aromatic N) is 1. The minimum absolute atomic E-state index is 0.155. The number of aryl methyl sites for hydroxylation is 1. The third-order valence-electron chi connectivity index (χ3n) is 4.65. The molecular formula is C24H26N2O3S2. The number of hydrogen-bond acceptors (Lipinski definition) is 4. The Morgan fingerprint density at radius 2 is 1.52 bits per heavy atom. The lowest BCUT2D eigenvalue weighted by Crippen LogP contribution is -2.36. The van der Waals surface area contributed by atoms with Gasteiger partial charge in [0, 0.05) is 22.9 Å². The summed E-state index contributed by atoms with van der Waals surface area (Å²) in [7, 11) is -3.53. The summed E-state index contributed by atoms with van der Waals surface area (Å²) in [6.07, 6.45) is 1.12. The first-order chi connectivity index (χ1) is 14.8. The van der Waals surface area contributed by atoms with Gasteiger partial charge in [-0.3, -0.25) is 4.79 Å². The van der Waals surface area contributed by atoms with Gasteiger partial charge in [-0.05, 0) is 42.3 Å². The number of rotatable bonds is 9. The molecule has 3 aromatic carbocycles. The Hall–Kier alpha value is -2.61. The van der Waals surface area contributed by atoms with E-state index in [-0.39, 0.29) is 19.0 Å². The van der Waals surface area contributed by atoms with Crippen molar-refractivity contribution in [3.05, 3.63) is 95.6 Å². The monoisotopic (exact) mass is 454 g/mol. The van der Waals surface area contributed by atoms with Gasteiger partial charge < -0.3 is 5.32 Å². The summed E-state index contributed by atoms with van der Waals surface area (Å²) in [4.78, 5) is 13.7. The van der Waals surface area contributed by atoms with E-state index < -0.39 is 10.0 Å². The van der Waals surface area contributed by atoms with Crippen molar-refractivity contribution in [2.24, 2.45) is 0 Å². The van der Waals surface area contributed by atoms with Crippen LogP contribution < -0.4 is 5.32 Å². The lowest BCUT2D eigenvalue weighted by molar-refractivity contribution is -0.116. The first kappa shape index (κ1) is 23.1. The van der Waals surface area contributed by atoms with Crippen LogP contribution in [0.1, 0.15) is 16.7 Å². The molecule has 0 aliphatic carbocycles. The standard InChI is InChI=1S/C24H26N2O3S2/c1-19-8-10-20(11-9-19)16-26(31(2,28)29)17-24(27)25-22-14-12-21(13-15-22)18-30-23-6-4-3-5-7-23/h3-15H,16-18H2,1-2H3,(H,25,27). The second-order valence-electron chi connectivity index (χ2n) is 7.36. The van der Waals surface area contributed by atoms with Crippen molar-refractivity contribution in [2.75, 3.05) is 18.1 Å². The largest absolute Gasteiger partial charge is 0.325 e. The predicted octanol–water partition coefficient (Wildman–Crippen LogP) is 4.69. The zero-order chi connectivity index (χ0) is 22.3. The highest BCUT2D eigenvalue weighted by molar-refractivity contribution is 7.98. The van der Waals surface area contributed by atoms with Gasteiger partial charge in [0.05, 0.1) is 12.8 Å². The SMILES string of the molecule is Cc1ccc(CN(CC(=O)Nc2ccc(CSc3ccccc3)cc2)S(C)(=O)=O)cc1. The van der Waals surface area contributed by atoms with Crippen LogP contribution in [0.5, 0.6) is 0 Å². The fourth-order valence-corrected chi connectivity index (χ4v) is 4.53. The number of amides is 1. The minimum Gasteiger partial charge on any atom is -0.325 e. The molecule has 0 saturated carbocycles.